The van der Waals surface area contributed by atoms with Crippen molar-refractivity contribution in [1.82, 2.24) is 0 Å². The van der Waals surface area contributed by atoms with E-state index in [1.807, 2.05) is 18.2 Å². The van der Waals surface area contributed by atoms with E-state index in [9.17, 15) is 4.79 Å². The molecular formula is C16H15ClO4. The lowest BCUT2D eigenvalue weighted by molar-refractivity contribution is -0.185. The normalized spacial score (nSPS) is 31.0. The minimum Gasteiger partial charge on any atom is -0.464 e. The predicted octanol–water partition coefficient (Wildman–Crippen LogP) is 3.12. The molecule has 3 rings (SSSR count). The van der Waals surface area contributed by atoms with E-state index < -0.39 is 18.4 Å². The Morgan fingerprint density at radius 1 is 1.43 bits per heavy atom. The minimum absolute atomic E-state index is 0.508. The third kappa shape index (κ3) is 2.69. The highest BCUT2D eigenvalue weighted by Crippen LogP contribution is 2.36. The molecule has 5 heteroatoms. The van der Waals surface area contributed by atoms with Crippen LogP contribution in [0, 0.1) is 0 Å². The monoisotopic (exact) mass is 306 g/mol. The fourth-order valence-electron chi connectivity index (χ4n) is 2.57. The maximum atomic E-state index is 11.8. The van der Waals surface area contributed by atoms with Crippen molar-refractivity contribution < 1.29 is 19.0 Å². The van der Waals surface area contributed by atoms with Gasteiger partial charge in [-0.1, -0.05) is 35.9 Å². The molecule has 2 aliphatic carbocycles. The molecule has 110 valence electrons. The molecule has 0 spiro atoms. The second kappa shape index (κ2) is 5.92. The zero-order valence-electron chi connectivity index (χ0n) is 11.5. The second-order valence-electron chi connectivity index (χ2n) is 4.87. The molecule has 0 fully saturated rings. The Balaban J connectivity index is 2.06. The van der Waals surface area contributed by atoms with Gasteiger partial charge in [-0.3, -0.25) is 0 Å². The Kier molecular flexibility index (Phi) is 3.99. The zero-order chi connectivity index (χ0) is 14.8. The maximum Gasteiger partial charge on any atom is 0.376 e. The van der Waals surface area contributed by atoms with Crippen molar-refractivity contribution in [1.29, 1.82) is 0 Å². The summed E-state index contributed by atoms with van der Waals surface area (Å²) in [7, 11) is 1.29. The lowest BCUT2D eigenvalue weighted by atomic mass is 9.87. The van der Waals surface area contributed by atoms with Crippen LogP contribution in [-0.4, -0.2) is 25.5 Å². The highest BCUT2D eigenvalue weighted by molar-refractivity contribution is 6.30. The lowest BCUT2D eigenvalue weighted by Crippen LogP contribution is -2.35. The molecule has 0 aromatic heterocycles. The summed E-state index contributed by atoms with van der Waals surface area (Å²) < 4.78 is 15.9. The number of methoxy groups -OCH3 is 1. The van der Waals surface area contributed by atoms with Gasteiger partial charge in [0, 0.05) is 5.57 Å². The Morgan fingerprint density at radius 3 is 3.10 bits per heavy atom. The standard InChI is InChI=1S/C16H15ClO4/c1-19-15(18)16-20-9-10-5-2-3-6-11(10)12-7-4-8-13(17)14(12)21-16/h2,4-5,7-9,14,16H,3,6H2,1H3/b10-9?,12-11-. The third-order valence-electron chi connectivity index (χ3n) is 3.59. The number of esters is 1. The number of halogens is 1. The molecule has 0 bridgehead atoms. The number of rotatable bonds is 1. The molecule has 0 aromatic rings. The van der Waals surface area contributed by atoms with Crippen molar-refractivity contribution in [3.05, 3.63) is 58.4 Å². The highest BCUT2D eigenvalue weighted by atomic mass is 35.5. The minimum atomic E-state index is -1.13. The van der Waals surface area contributed by atoms with E-state index in [0.717, 1.165) is 29.6 Å². The van der Waals surface area contributed by atoms with E-state index >= 15 is 0 Å². The summed E-state index contributed by atoms with van der Waals surface area (Å²) in [5.74, 6) is -0.589. The van der Waals surface area contributed by atoms with Gasteiger partial charge < -0.3 is 14.2 Å². The second-order valence-corrected chi connectivity index (χ2v) is 5.30. The van der Waals surface area contributed by atoms with Crippen LogP contribution in [0.3, 0.4) is 0 Å². The van der Waals surface area contributed by atoms with Crippen molar-refractivity contribution in [2.45, 2.75) is 25.2 Å². The summed E-state index contributed by atoms with van der Waals surface area (Å²) in [6.07, 6.45) is 11.4. The largest absolute Gasteiger partial charge is 0.464 e. The van der Waals surface area contributed by atoms with Crippen LogP contribution in [0.1, 0.15) is 12.8 Å². The fourth-order valence-corrected chi connectivity index (χ4v) is 2.81. The molecule has 4 nitrogen and oxygen atoms in total. The molecular weight excluding hydrogens is 292 g/mol. The summed E-state index contributed by atoms with van der Waals surface area (Å²) >= 11 is 6.27. The first-order valence-corrected chi connectivity index (χ1v) is 7.11. The van der Waals surface area contributed by atoms with Gasteiger partial charge in [0.2, 0.25) is 0 Å². The number of ether oxygens (including phenoxy) is 3. The van der Waals surface area contributed by atoms with Crippen molar-refractivity contribution in [2.75, 3.05) is 7.11 Å². The van der Waals surface area contributed by atoms with Gasteiger partial charge >= 0.3 is 5.97 Å². The summed E-state index contributed by atoms with van der Waals surface area (Å²) in [5.41, 5.74) is 3.04. The van der Waals surface area contributed by atoms with Gasteiger partial charge in [0.15, 0.2) is 0 Å². The number of allylic oxidation sites excluding steroid dienone is 6. The van der Waals surface area contributed by atoms with E-state index in [4.69, 9.17) is 25.8 Å². The van der Waals surface area contributed by atoms with Crippen LogP contribution in [0.5, 0.6) is 0 Å². The van der Waals surface area contributed by atoms with Gasteiger partial charge in [0.05, 0.1) is 18.4 Å². The number of hydrogen-bond donors (Lipinski definition) is 0. The number of fused-ring (bicyclic) bond motifs is 2. The van der Waals surface area contributed by atoms with Gasteiger partial charge in [0.25, 0.3) is 6.29 Å². The molecule has 0 N–H and O–H groups in total. The third-order valence-corrected chi connectivity index (χ3v) is 3.92. The van der Waals surface area contributed by atoms with Crippen molar-refractivity contribution in [2.24, 2.45) is 0 Å². The Bertz CT molecular complexity index is 610. The predicted molar refractivity (Wildman–Crippen MR) is 78.3 cm³/mol. The van der Waals surface area contributed by atoms with Crippen LogP contribution in [-0.2, 0) is 19.0 Å². The van der Waals surface area contributed by atoms with E-state index in [2.05, 4.69) is 6.08 Å². The Hall–Kier alpha value is -1.78. The van der Waals surface area contributed by atoms with Crippen LogP contribution in [0.4, 0.5) is 0 Å². The molecule has 2 atom stereocenters. The summed E-state index contributed by atoms with van der Waals surface area (Å²) in [5, 5.41) is 0.522. The van der Waals surface area contributed by atoms with Crippen LogP contribution in [0.2, 0.25) is 0 Å². The lowest BCUT2D eigenvalue weighted by Gasteiger charge is -2.30. The Morgan fingerprint density at radius 2 is 2.29 bits per heavy atom. The molecule has 3 aliphatic rings. The molecule has 0 saturated carbocycles. The van der Waals surface area contributed by atoms with Crippen LogP contribution < -0.4 is 0 Å². The average molecular weight is 307 g/mol. The molecule has 1 aliphatic heterocycles. The van der Waals surface area contributed by atoms with E-state index in [-0.39, 0.29) is 0 Å². The van der Waals surface area contributed by atoms with Crippen LogP contribution >= 0.6 is 11.6 Å². The summed E-state index contributed by atoms with van der Waals surface area (Å²) in [6.45, 7) is 0. The molecule has 21 heavy (non-hydrogen) atoms. The van der Waals surface area contributed by atoms with Gasteiger partial charge in [-0.15, -0.1) is 0 Å². The fraction of sp³-hybridized carbons (Fsp3) is 0.312. The molecule has 0 radical (unpaired) electrons. The van der Waals surface area contributed by atoms with Gasteiger partial charge in [0.1, 0.15) is 6.10 Å². The SMILES string of the molecule is COC(=O)C1OC=C2C=CCC/C2=C2\C=CC=C(Cl)C2O1. The van der Waals surface area contributed by atoms with Crippen LogP contribution in [0.25, 0.3) is 0 Å². The topological polar surface area (TPSA) is 44.8 Å². The first kappa shape index (κ1) is 14.2. The zero-order valence-corrected chi connectivity index (χ0v) is 12.3. The summed E-state index contributed by atoms with van der Waals surface area (Å²) in [6, 6.07) is 0. The van der Waals surface area contributed by atoms with E-state index in [1.54, 1.807) is 12.3 Å². The number of hydrogen-bond acceptors (Lipinski definition) is 4. The summed E-state index contributed by atoms with van der Waals surface area (Å²) in [4.78, 5) is 11.8. The van der Waals surface area contributed by atoms with Crippen molar-refractivity contribution in [3.63, 3.8) is 0 Å². The molecule has 0 aromatic carbocycles. The maximum absolute atomic E-state index is 11.8. The molecule has 0 saturated heterocycles. The van der Waals surface area contributed by atoms with Crippen molar-refractivity contribution in [3.8, 4) is 0 Å². The van der Waals surface area contributed by atoms with Gasteiger partial charge in [-0.05, 0) is 30.1 Å². The van der Waals surface area contributed by atoms with E-state index in [1.165, 1.54) is 7.11 Å². The molecule has 1 heterocycles. The average Bonchev–Trinajstić information content (AvgIpc) is 2.50. The smallest absolute Gasteiger partial charge is 0.376 e. The van der Waals surface area contributed by atoms with Crippen LogP contribution in [0.15, 0.2) is 58.4 Å². The highest BCUT2D eigenvalue weighted by Gasteiger charge is 2.33. The number of carbonyl (C=O) groups excluding carboxylic acids is 1. The first-order chi connectivity index (χ1) is 10.2. The molecule has 0 amide bonds. The quantitative estimate of drug-likeness (QED) is 0.698. The first-order valence-electron chi connectivity index (χ1n) is 6.73. The number of carbonyl (C=O) groups is 1. The van der Waals surface area contributed by atoms with Crippen molar-refractivity contribution >= 4 is 17.6 Å². The van der Waals surface area contributed by atoms with E-state index in [0.29, 0.717) is 5.03 Å². The van der Waals surface area contributed by atoms with Gasteiger partial charge in [-0.25, -0.2) is 4.79 Å². The Labute approximate surface area is 128 Å². The van der Waals surface area contributed by atoms with Gasteiger partial charge in [-0.2, -0.15) is 0 Å². The molecule has 2 unspecified atom stereocenters.